The summed E-state index contributed by atoms with van der Waals surface area (Å²) >= 11 is 0.729. The topological polar surface area (TPSA) is 76.8 Å². The molecule has 2 heterocycles. The molecule has 3 rings (SSSR count). The third kappa shape index (κ3) is 3.95. The van der Waals surface area contributed by atoms with E-state index >= 15 is 0 Å². The molecule has 1 aliphatic heterocycles. The molecule has 6 nitrogen and oxygen atoms in total. The number of imide groups is 1. The Morgan fingerprint density at radius 2 is 1.96 bits per heavy atom. The van der Waals surface area contributed by atoms with Crippen molar-refractivity contribution in [3.05, 3.63) is 52.9 Å². The van der Waals surface area contributed by atoms with Crippen LogP contribution in [-0.4, -0.2) is 34.7 Å². The molecule has 0 bridgehead atoms. The van der Waals surface area contributed by atoms with Crippen molar-refractivity contribution in [3.8, 4) is 11.3 Å². The second-order valence-electron chi connectivity index (χ2n) is 5.69. The zero-order chi connectivity index (χ0) is 19.6. The van der Waals surface area contributed by atoms with Gasteiger partial charge >= 0.3 is 5.97 Å². The highest BCUT2D eigenvalue weighted by atomic mass is 32.2. The number of furan rings is 1. The first kappa shape index (κ1) is 18.9. The normalized spacial score (nSPS) is 16.9. The Balaban J connectivity index is 1.80. The second kappa shape index (κ2) is 7.79. The number of halogens is 1. The molecule has 8 heteroatoms. The molecule has 2 amide bonds. The first-order valence-corrected chi connectivity index (χ1v) is 9.02. The van der Waals surface area contributed by atoms with Crippen LogP contribution in [0.1, 0.15) is 19.6 Å². The molecular weight excluding hydrogens is 373 g/mol. The van der Waals surface area contributed by atoms with Gasteiger partial charge in [0, 0.05) is 11.6 Å². The molecule has 2 aromatic rings. The maximum atomic E-state index is 13.0. The molecule has 0 saturated carbocycles. The Morgan fingerprint density at radius 1 is 1.26 bits per heavy atom. The van der Waals surface area contributed by atoms with Crippen molar-refractivity contribution in [1.29, 1.82) is 0 Å². The van der Waals surface area contributed by atoms with Gasteiger partial charge in [0.05, 0.1) is 11.5 Å². The van der Waals surface area contributed by atoms with Gasteiger partial charge in [0.25, 0.3) is 11.1 Å². The quantitative estimate of drug-likeness (QED) is 0.567. The summed E-state index contributed by atoms with van der Waals surface area (Å²) in [6.45, 7) is 3.25. The van der Waals surface area contributed by atoms with E-state index in [1.165, 1.54) is 25.1 Å². The molecule has 140 valence electrons. The highest BCUT2D eigenvalue weighted by molar-refractivity contribution is 8.18. The Bertz CT molecular complexity index is 918. The first-order chi connectivity index (χ1) is 12.9. The van der Waals surface area contributed by atoms with Crippen molar-refractivity contribution >= 4 is 35.0 Å². The monoisotopic (exact) mass is 389 g/mol. The number of amides is 2. The average molecular weight is 389 g/mol. The van der Waals surface area contributed by atoms with Crippen LogP contribution in [0.3, 0.4) is 0 Å². The summed E-state index contributed by atoms with van der Waals surface area (Å²) in [6.07, 6.45) is 1.44. The number of carbonyl (C=O) groups excluding carboxylic acids is 3. The van der Waals surface area contributed by atoms with Gasteiger partial charge in [0.2, 0.25) is 0 Å². The van der Waals surface area contributed by atoms with E-state index in [-0.39, 0.29) is 17.3 Å². The third-order valence-electron chi connectivity index (χ3n) is 3.87. The summed E-state index contributed by atoms with van der Waals surface area (Å²) in [4.78, 5) is 37.5. The van der Waals surface area contributed by atoms with Crippen LogP contribution in [0.2, 0.25) is 0 Å². The van der Waals surface area contributed by atoms with Crippen LogP contribution in [0, 0.1) is 5.82 Å². The number of carbonyl (C=O) groups is 3. The molecule has 1 saturated heterocycles. The van der Waals surface area contributed by atoms with Crippen molar-refractivity contribution < 1.29 is 27.9 Å². The molecule has 0 radical (unpaired) electrons. The Hall–Kier alpha value is -2.87. The van der Waals surface area contributed by atoms with E-state index in [2.05, 4.69) is 0 Å². The van der Waals surface area contributed by atoms with E-state index in [4.69, 9.17) is 9.15 Å². The van der Waals surface area contributed by atoms with Gasteiger partial charge in [0.15, 0.2) is 0 Å². The van der Waals surface area contributed by atoms with Crippen molar-refractivity contribution in [1.82, 2.24) is 4.90 Å². The van der Waals surface area contributed by atoms with Crippen LogP contribution in [0.15, 0.2) is 45.7 Å². The standard InChI is InChI=1S/C19H16FNO5S/c1-3-25-18(23)11(2)21-17(22)16(27-19(21)24)10-14-8-9-15(26-14)12-4-6-13(20)7-5-12/h4-11H,3H2,1-2H3/b16-10+/t11-/m1/s1. The van der Waals surface area contributed by atoms with Crippen LogP contribution in [0.5, 0.6) is 0 Å². The van der Waals surface area contributed by atoms with Crippen molar-refractivity contribution in [2.75, 3.05) is 6.61 Å². The number of hydrogen-bond donors (Lipinski definition) is 0. The van der Waals surface area contributed by atoms with Crippen LogP contribution >= 0.6 is 11.8 Å². The lowest BCUT2D eigenvalue weighted by atomic mass is 10.2. The molecular formula is C19H16FNO5S. The molecule has 1 aromatic heterocycles. The van der Waals surface area contributed by atoms with Crippen molar-refractivity contribution in [3.63, 3.8) is 0 Å². The van der Waals surface area contributed by atoms with Crippen LogP contribution in [0.25, 0.3) is 17.4 Å². The smallest absolute Gasteiger partial charge is 0.329 e. The van der Waals surface area contributed by atoms with Gasteiger partial charge in [-0.25, -0.2) is 9.18 Å². The number of ether oxygens (including phenoxy) is 1. The lowest BCUT2D eigenvalue weighted by Gasteiger charge is -2.19. The number of rotatable bonds is 5. The lowest BCUT2D eigenvalue weighted by Crippen LogP contribution is -2.42. The Labute approximate surface area is 159 Å². The molecule has 0 unspecified atom stereocenters. The first-order valence-electron chi connectivity index (χ1n) is 8.20. The van der Waals surface area contributed by atoms with Crippen LogP contribution in [0.4, 0.5) is 9.18 Å². The number of nitrogens with zero attached hydrogens (tertiary/aromatic N) is 1. The van der Waals surface area contributed by atoms with E-state index in [0.29, 0.717) is 17.1 Å². The molecule has 1 fully saturated rings. The Kier molecular flexibility index (Phi) is 5.46. The molecule has 0 aliphatic carbocycles. The minimum Gasteiger partial charge on any atom is -0.464 e. The number of esters is 1. The zero-order valence-corrected chi connectivity index (χ0v) is 15.4. The second-order valence-corrected chi connectivity index (χ2v) is 6.68. The fourth-order valence-electron chi connectivity index (χ4n) is 2.51. The number of benzene rings is 1. The molecule has 0 spiro atoms. The SMILES string of the molecule is CCOC(=O)[C@@H](C)N1C(=O)S/C(=C/c2ccc(-c3ccc(F)cc3)o2)C1=O. The molecule has 1 aromatic carbocycles. The summed E-state index contributed by atoms with van der Waals surface area (Å²) in [6, 6.07) is 8.11. The van der Waals surface area contributed by atoms with Gasteiger partial charge in [-0.15, -0.1) is 0 Å². The maximum Gasteiger partial charge on any atom is 0.329 e. The van der Waals surface area contributed by atoms with E-state index in [1.54, 1.807) is 31.2 Å². The largest absolute Gasteiger partial charge is 0.464 e. The highest BCUT2D eigenvalue weighted by Gasteiger charge is 2.41. The van der Waals surface area contributed by atoms with E-state index < -0.39 is 23.2 Å². The fourth-order valence-corrected chi connectivity index (χ4v) is 3.40. The van der Waals surface area contributed by atoms with Gasteiger partial charge in [-0.05, 0) is 62.0 Å². The summed E-state index contributed by atoms with van der Waals surface area (Å²) in [5, 5.41) is -0.544. The number of thioether (sulfide) groups is 1. The molecule has 0 N–H and O–H groups in total. The fraction of sp³-hybridized carbons (Fsp3) is 0.211. The Morgan fingerprint density at radius 3 is 2.63 bits per heavy atom. The summed E-state index contributed by atoms with van der Waals surface area (Å²) < 4.78 is 23.5. The molecule has 1 aliphatic rings. The number of hydrogen-bond acceptors (Lipinski definition) is 6. The predicted molar refractivity (Wildman–Crippen MR) is 98.0 cm³/mol. The third-order valence-corrected chi connectivity index (χ3v) is 4.75. The van der Waals surface area contributed by atoms with Crippen LogP contribution in [-0.2, 0) is 14.3 Å². The van der Waals surface area contributed by atoms with Gasteiger partial charge in [-0.3, -0.25) is 14.5 Å². The van der Waals surface area contributed by atoms with Crippen molar-refractivity contribution in [2.24, 2.45) is 0 Å². The minimum atomic E-state index is -1.00. The van der Waals surface area contributed by atoms with Gasteiger partial charge < -0.3 is 9.15 Å². The van der Waals surface area contributed by atoms with E-state index in [0.717, 1.165) is 16.7 Å². The predicted octanol–water partition coefficient (Wildman–Crippen LogP) is 4.07. The maximum absolute atomic E-state index is 13.0. The van der Waals surface area contributed by atoms with Gasteiger partial charge in [-0.1, -0.05) is 0 Å². The highest BCUT2D eigenvalue weighted by Crippen LogP contribution is 2.34. The van der Waals surface area contributed by atoms with Crippen molar-refractivity contribution in [2.45, 2.75) is 19.9 Å². The summed E-state index contributed by atoms with van der Waals surface area (Å²) in [5.41, 5.74) is 0.681. The van der Waals surface area contributed by atoms with Gasteiger partial charge in [-0.2, -0.15) is 0 Å². The van der Waals surface area contributed by atoms with Crippen LogP contribution < -0.4 is 0 Å². The minimum absolute atomic E-state index is 0.149. The lowest BCUT2D eigenvalue weighted by molar-refractivity contribution is -0.150. The summed E-state index contributed by atoms with van der Waals surface area (Å²) in [5.74, 6) is -0.707. The van der Waals surface area contributed by atoms with Gasteiger partial charge in [0.1, 0.15) is 23.4 Å². The van der Waals surface area contributed by atoms with E-state index in [9.17, 15) is 18.8 Å². The van der Waals surface area contributed by atoms with E-state index in [1.807, 2.05) is 0 Å². The average Bonchev–Trinajstić information content (AvgIpc) is 3.20. The molecule has 27 heavy (non-hydrogen) atoms. The zero-order valence-electron chi connectivity index (χ0n) is 14.6. The molecule has 1 atom stereocenters. The summed E-state index contributed by atoms with van der Waals surface area (Å²) in [7, 11) is 0.